The third-order valence-electron chi connectivity index (χ3n) is 8.70. The third kappa shape index (κ3) is 4.85. The number of rotatable bonds is 6. The Balaban J connectivity index is 1.20. The van der Waals surface area contributed by atoms with E-state index < -0.39 is 0 Å². The van der Waals surface area contributed by atoms with Crippen LogP contribution in [-0.4, -0.2) is 0 Å². The first-order valence-corrected chi connectivity index (χ1v) is 17.6. The molecule has 0 aliphatic heterocycles. The molecule has 2 nitrogen and oxygen atoms in total. The van der Waals surface area contributed by atoms with Crippen LogP contribution in [-0.2, 0) is 0 Å². The lowest BCUT2D eigenvalue weighted by Crippen LogP contribution is -2.10. The van der Waals surface area contributed by atoms with Gasteiger partial charge in [0.05, 0.1) is 10.7 Å². The Morgan fingerprint density at radius 1 is 0.362 bits per heavy atom. The summed E-state index contributed by atoms with van der Waals surface area (Å²) in [6.45, 7) is 0. The molecule has 0 aliphatic rings. The minimum atomic E-state index is 0.770. The first kappa shape index (κ1) is 28.1. The van der Waals surface area contributed by atoms with E-state index in [1.807, 2.05) is 11.3 Å². The van der Waals surface area contributed by atoms with Crippen molar-refractivity contribution in [2.75, 3.05) is 9.80 Å². The molecule has 2 aromatic heterocycles. The van der Waals surface area contributed by atoms with E-state index >= 15 is 0 Å². The molecule has 7 aromatic carbocycles. The van der Waals surface area contributed by atoms with Crippen molar-refractivity contribution in [3.8, 4) is 0 Å². The van der Waals surface area contributed by atoms with Gasteiger partial charge in [-0.2, -0.15) is 0 Å². The summed E-state index contributed by atoms with van der Waals surface area (Å²) in [4.78, 5) is 4.61. The maximum atomic E-state index is 7.35. The molecular formula is C42H27ClN2S2. The molecule has 0 bridgehead atoms. The standard InChI is InChI=1S/C42H27ClN2S2/c43-42-36(23-25-39-41(42)34-18-10-11-19-37(34)46-39)45(30-16-8-3-9-17-30)32-20-22-33-35-26-31(21-24-38(35)47-40(33)27-32)44(28-12-4-1-5-13-28)29-14-6-2-7-15-29/h1-27H. The number of hydrogen-bond donors (Lipinski definition) is 0. The fourth-order valence-electron chi connectivity index (χ4n) is 6.57. The highest BCUT2D eigenvalue weighted by Crippen LogP contribution is 2.48. The lowest BCUT2D eigenvalue weighted by atomic mass is 10.1. The van der Waals surface area contributed by atoms with Gasteiger partial charge in [-0.1, -0.05) is 90.5 Å². The van der Waals surface area contributed by atoms with Crippen molar-refractivity contribution < 1.29 is 0 Å². The maximum absolute atomic E-state index is 7.35. The van der Waals surface area contributed by atoms with Gasteiger partial charge in [-0.3, -0.25) is 0 Å². The lowest BCUT2D eigenvalue weighted by molar-refractivity contribution is 1.29. The summed E-state index contributed by atoms with van der Waals surface area (Å²) in [7, 11) is 0. The Morgan fingerprint density at radius 3 is 1.60 bits per heavy atom. The van der Waals surface area contributed by atoms with E-state index in [2.05, 4.69) is 174 Å². The molecule has 0 spiro atoms. The molecule has 0 fully saturated rings. The van der Waals surface area contributed by atoms with E-state index in [1.165, 1.54) is 35.0 Å². The van der Waals surface area contributed by atoms with Crippen molar-refractivity contribution in [3.63, 3.8) is 0 Å². The molecule has 47 heavy (non-hydrogen) atoms. The zero-order chi connectivity index (χ0) is 31.3. The summed E-state index contributed by atoms with van der Waals surface area (Å²) in [5, 5.41) is 5.58. The Kier molecular flexibility index (Phi) is 6.93. The normalized spacial score (nSPS) is 11.5. The molecule has 9 rings (SSSR count). The smallest absolute Gasteiger partial charge is 0.0739 e. The molecule has 0 atom stereocenters. The topological polar surface area (TPSA) is 6.48 Å². The zero-order valence-corrected chi connectivity index (χ0v) is 27.6. The van der Waals surface area contributed by atoms with Crippen LogP contribution in [0.4, 0.5) is 34.1 Å². The number of benzene rings is 7. The number of halogens is 1. The van der Waals surface area contributed by atoms with E-state index in [4.69, 9.17) is 11.6 Å². The van der Waals surface area contributed by atoms with Gasteiger partial charge in [0.1, 0.15) is 0 Å². The van der Waals surface area contributed by atoms with Gasteiger partial charge in [-0.15, -0.1) is 22.7 Å². The van der Waals surface area contributed by atoms with Crippen LogP contribution in [0.25, 0.3) is 40.3 Å². The molecule has 0 N–H and O–H groups in total. The second-order valence-electron chi connectivity index (χ2n) is 11.5. The van der Waals surface area contributed by atoms with Crippen molar-refractivity contribution in [2.45, 2.75) is 0 Å². The summed E-state index contributed by atoms with van der Waals surface area (Å²) < 4.78 is 4.94. The van der Waals surface area contributed by atoms with Gasteiger partial charge in [0.25, 0.3) is 0 Å². The van der Waals surface area contributed by atoms with Crippen molar-refractivity contribution in [2.24, 2.45) is 0 Å². The molecule has 0 unspecified atom stereocenters. The highest BCUT2D eigenvalue weighted by molar-refractivity contribution is 7.26. The summed E-state index contributed by atoms with van der Waals surface area (Å²) >= 11 is 11.0. The Bertz CT molecular complexity index is 2500. The van der Waals surface area contributed by atoms with Crippen LogP contribution in [0.5, 0.6) is 0 Å². The first-order chi connectivity index (χ1) is 23.2. The SMILES string of the molecule is Clc1c(N(c2ccccc2)c2ccc3c(c2)sc2ccc(N(c4ccccc4)c4ccccc4)cc23)ccc2sc3ccccc3c12. The predicted octanol–water partition coefficient (Wildman–Crippen LogP) is 14.0. The van der Waals surface area contributed by atoms with Crippen LogP contribution in [0.2, 0.25) is 5.02 Å². The third-order valence-corrected chi connectivity index (χ3v) is 11.4. The maximum Gasteiger partial charge on any atom is 0.0739 e. The van der Waals surface area contributed by atoms with Crippen molar-refractivity contribution in [1.29, 1.82) is 0 Å². The van der Waals surface area contributed by atoms with Crippen LogP contribution in [0.15, 0.2) is 164 Å². The predicted molar refractivity (Wildman–Crippen MR) is 207 cm³/mol. The molecule has 0 amide bonds. The summed E-state index contributed by atoms with van der Waals surface area (Å²) in [5.41, 5.74) is 6.51. The lowest BCUT2D eigenvalue weighted by Gasteiger charge is -2.27. The summed E-state index contributed by atoms with van der Waals surface area (Å²) in [6, 6.07) is 58.2. The van der Waals surface area contributed by atoms with Crippen LogP contribution in [0.1, 0.15) is 0 Å². The molecule has 0 saturated carbocycles. The molecule has 5 heteroatoms. The largest absolute Gasteiger partial charge is 0.310 e. The van der Waals surface area contributed by atoms with Gasteiger partial charge in [0.15, 0.2) is 0 Å². The minimum absolute atomic E-state index is 0.770. The summed E-state index contributed by atoms with van der Waals surface area (Å²) in [5.74, 6) is 0. The second-order valence-corrected chi connectivity index (χ2v) is 14.1. The van der Waals surface area contributed by atoms with E-state index in [0.717, 1.165) is 44.5 Å². The van der Waals surface area contributed by atoms with Crippen molar-refractivity contribution in [1.82, 2.24) is 0 Å². The number of nitrogens with zero attached hydrogens (tertiary/aromatic N) is 2. The van der Waals surface area contributed by atoms with Crippen molar-refractivity contribution >= 4 is 109 Å². The van der Waals surface area contributed by atoms with E-state index in [0.29, 0.717) is 0 Å². The summed E-state index contributed by atoms with van der Waals surface area (Å²) in [6.07, 6.45) is 0. The van der Waals surface area contributed by atoms with E-state index in [9.17, 15) is 0 Å². The molecule has 2 heterocycles. The molecule has 9 aromatic rings. The van der Waals surface area contributed by atoms with Crippen LogP contribution < -0.4 is 9.80 Å². The zero-order valence-electron chi connectivity index (χ0n) is 25.2. The fourth-order valence-corrected chi connectivity index (χ4v) is 9.21. The van der Waals surface area contributed by atoms with Crippen LogP contribution in [0, 0.1) is 0 Å². The number of para-hydroxylation sites is 3. The highest BCUT2D eigenvalue weighted by Gasteiger charge is 2.21. The Labute approximate surface area is 285 Å². The van der Waals surface area contributed by atoms with Gasteiger partial charge in [0, 0.05) is 68.8 Å². The number of anilines is 6. The first-order valence-electron chi connectivity index (χ1n) is 15.5. The number of hydrogen-bond acceptors (Lipinski definition) is 4. The molecule has 0 aliphatic carbocycles. The van der Waals surface area contributed by atoms with Gasteiger partial charge in [-0.25, -0.2) is 0 Å². The average Bonchev–Trinajstić information content (AvgIpc) is 3.69. The van der Waals surface area contributed by atoms with E-state index in [1.54, 1.807) is 11.3 Å². The fraction of sp³-hybridized carbons (Fsp3) is 0. The molecule has 0 saturated heterocycles. The quantitative estimate of drug-likeness (QED) is 0.175. The second kappa shape index (κ2) is 11.6. The Morgan fingerprint density at radius 2 is 0.894 bits per heavy atom. The minimum Gasteiger partial charge on any atom is -0.310 e. The average molecular weight is 659 g/mol. The molecular weight excluding hydrogens is 632 g/mol. The number of fused-ring (bicyclic) bond motifs is 6. The van der Waals surface area contributed by atoms with Crippen molar-refractivity contribution in [3.05, 3.63) is 169 Å². The Hall–Kier alpha value is -5.13. The highest BCUT2D eigenvalue weighted by atomic mass is 35.5. The van der Waals surface area contributed by atoms with E-state index in [-0.39, 0.29) is 0 Å². The van der Waals surface area contributed by atoms with Gasteiger partial charge in [-0.05, 0) is 84.9 Å². The molecule has 0 radical (unpaired) electrons. The van der Waals surface area contributed by atoms with Crippen LogP contribution >= 0.6 is 34.3 Å². The number of thiophene rings is 2. The van der Waals surface area contributed by atoms with Crippen LogP contribution in [0.3, 0.4) is 0 Å². The monoisotopic (exact) mass is 658 g/mol. The van der Waals surface area contributed by atoms with Gasteiger partial charge < -0.3 is 9.80 Å². The molecule has 224 valence electrons. The van der Waals surface area contributed by atoms with Gasteiger partial charge >= 0.3 is 0 Å². The van der Waals surface area contributed by atoms with Gasteiger partial charge in [0.2, 0.25) is 0 Å².